The molecule has 1 unspecified atom stereocenters. The molecule has 1 N–H and O–H groups in total. The molecule has 0 aromatic carbocycles. The SMILES string of the molecule is CCC(C#N)(CCCN1CCN(C(C)C)CC1)NC(C)C. The van der Waals surface area contributed by atoms with Gasteiger partial charge in [-0.25, -0.2) is 0 Å². The van der Waals surface area contributed by atoms with E-state index in [4.69, 9.17) is 0 Å². The third kappa shape index (κ3) is 5.94. The van der Waals surface area contributed by atoms with E-state index in [1.165, 1.54) is 26.2 Å². The van der Waals surface area contributed by atoms with Crippen LogP contribution in [0.5, 0.6) is 0 Å². The van der Waals surface area contributed by atoms with Crippen molar-refractivity contribution >= 4 is 0 Å². The normalized spacial score (nSPS) is 20.7. The number of piperazine rings is 1. The monoisotopic (exact) mass is 294 g/mol. The van der Waals surface area contributed by atoms with Crippen LogP contribution >= 0.6 is 0 Å². The smallest absolute Gasteiger partial charge is 0.106 e. The van der Waals surface area contributed by atoms with Gasteiger partial charge in [-0.05, 0) is 53.5 Å². The summed E-state index contributed by atoms with van der Waals surface area (Å²) in [5.41, 5.74) is -0.339. The quantitative estimate of drug-likeness (QED) is 0.747. The Morgan fingerprint density at radius 2 is 1.76 bits per heavy atom. The molecule has 122 valence electrons. The molecule has 0 saturated carbocycles. The summed E-state index contributed by atoms with van der Waals surface area (Å²) in [6, 6.07) is 3.54. The van der Waals surface area contributed by atoms with Crippen LogP contribution in [-0.4, -0.2) is 60.1 Å². The lowest BCUT2D eigenvalue weighted by Crippen LogP contribution is -2.50. The highest BCUT2D eigenvalue weighted by atomic mass is 15.3. The highest BCUT2D eigenvalue weighted by molar-refractivity contribution is 5.06. The van der Waals surface area contributed by atoms with Crippen LogP contribution in [0.15, 0.2) is 0 Å². The van der Waals surface area contributed by atoms with E-state index in [0.717, 1.165) is 25.8 Å². The molecular weight excluding hydrogens is 260 g/mol. The predicted octanol–water partition coefficient (Wildman–Crippen LogP) is 2.46. The maximum Gasteiger partial charge on any atom is 0.106 e. The molecule has 1 heterocycles. The van der Waals surface area contributed by atoms with Crippen molar-refractivity contribution in [1.29, 1.82) is 5.26 Å². The van der Waals surface area contributed by atoms with E-state index >= 15 is 0 Å². The van der Waals surface area contributed by atoms with Gasteiger partial charge in [0.25, 0.3) is 0 Å². The van der Waals surface area contributed by atoms with Gasteiger partial charge in [0.1, 0.15) is 5.54 Å². The summed E-state index contributed by atoms with van der Waals surface area (Å²) in [6.45, 7) is 16.7. The molecule has 1 saturated heterocycles. The van der Waals surface area contributed by atoms with Crippen LogP contribution in [-0.2, 0) is 0 Å². The van der Waals surface area contributed by atoms with Crippen LogP contribution in [0.2, 0.25) is 0 Å². The summed E-state index contributed by atoms with van der Waals surface area (Å²) in [6.07, 6.45) is 2.92. The highest BCUT2D eigenvalue weighted by Crippen LogP contribution is 2.18. The molecule has 0 radical (unpaired) electrons. The molecule has 4 nitrogen and oxygen atoms in total. The lowest BCUT2D eigenvalue weighted by molar-refractivity contribution is 0.106. The minimum Gasteiger partial charge on any atom is -0.301 e. The molecule has 21 heavy (non-hydrogen) atoms. The van der Waals surface area contributed by atoms with Gasteiger partial charge < -0.3 is 4.90 Å². The van der Waals surface area contributed by atoms with Gasteiger partial charge in [-0.1, -0.05) is 6.92 Å². The van der Waals surface area contributed by atoms with Gasteiger partial charge in [0, 0.05) is 38.3 Å². The molecule has 0 spiro atoms. The summed E-state index contributed by atoms with van der Waals surface area (Å²) in [7, 11) is 0. The standard InChI is InChI=1S/C17H34N4/c1-6-17(14-18,19-15(2)3)8-7-9-20-10-12-21(13-11-20)16(4)5/h15-16,19H,6-13H2,1-5H3. The minimum absolute atomic E-state index is 0.339. The average molecular weight is 294 g/mol. The lowest BCUT2D eigenvalue weighted by Gasteiger charge is -2.37. The molecule has 0 aromatic heterocycles. The first-order valence-electron chi connectivity index (χ1n) is 8.58. The Balaban J connectivity index is 2.34. The van der Waals surface area contributed by atoms with E-state index in [1.807, 2.05) is 0 Å². The van der Waals surface area contributed by atoms with E-state index in [9.17, 15) is 5.26 Å². The van der Waals surface area contributed by atoms with Crippen molar-refractivity contribution < 1.29 is 0 Å². The fourth-order valence-electron chi connectivity index (χ4n) is 3.18. The van der Waals surface area contributed by atoms with Gasteiger partial charge in [-0.3, -0.25) is 10.2 Å². The number of nitriles is 1. The Kier molecular flexibility index (Phi) is 7.65. The van der Waals surface area contributed by atoms with Crippen molar-refractivity contribution in [3.8, 4) is 6.07 Å². The molecule has 4 heteroatoms. The lowest BCUT2D eigenvalue weighted by atomic mass is 9.91. The summed E-state index contributed by atoms with van der Waals surface area (Å²) in [4.78, 5) is 5.09. The average Bonchev–Trinajstić information content (AvgIpc) is 2.46. The topological polar surface area (TPSA) is 42.3 Å². The molecule has 0 aliphatic carbocycles. The zero-order valence-corrected chi connectivity index (χ0v) is 14.7. The third-order valence-electron chi connectivity index (χ3n) is 4.60. The van der Waals surface area contributed by atoms with Crippen molar-refractivity contribution in [1.82, 2.24) is 15.1 Å². The van der Waals surface area contributed by atoms with E-state index in [1.54, 1.807) is 0 Å². The number of hydrogen-bond donors (Lipinski definition) is 1. The fraction of sp³-hybridized carbons (Fsp3) is 0.941. The summed E-state index contributed by atoms with van der Waals surface area (Å²) in [5.74, 6) is 0. The summed E-state index contributed by atoms with van der Waals surface area (Å²) < 4.78 is 0. The van der Waals surface area contributed by atoms with Crippen molar-refractivity contribution in [2.24, 2.45) is 0 Å². The fourth-order valence-corrected chi connectivity index (χ4v) is 3.18. The van der Waals surface area contributed by atoms with Gasteiger partial charge >= 0.3 is 0 Å². The predicted molar refractivity (Wildman–Crippen MR) is 89.3 cm³/mol. The van der Waals surface area contributed by atoms with Crippen LogP contribution in [0.4, 0.5) is 0 Å². The molecule has 1 atom stereocenters. The highest BCUT2D eigenvalue weighted by Gasteiger charge is 2.28. The van der Waals surface area contributed by atoms with E-state index in [2.05, 4.69) is 55.8 Å². The summed E-state index contributed by atoms with van der Waals surface area (Å²) >= 11 is 0. The van der Waals surface area contributed by atoms with E-state index < -0.39 is 0 Å². The van der Waals surface area contributed by atoms with Gasteiger partial charge in [0.15, 0.2) is 0 Å². The molecule has 1 rings (SSSR count). The van der Waals surface area contributed by atoms with Crippen molar-refractivity contribution in [3.63, 3.8) is 0 Å². The van der Waals surface area contributed by atoms with Crippen molar-refractivity contribution in [3.05, 3.63) is 0 Å². The molecule has 1 aliphatic heterocycles. The Morgan fingerprint density at radius 1 is 1.14 bits per heavy atom. The van der Waals surface area contributed by atoms with Crippen LogP contribution in [0, 0.1) is 11.3 Å². The number of rotatable bonds is 8. The van der Waals surface area contributed by atoms with Gasteiger partial charge in [0.05, 0.1) is 6.07 Å². The molecule has 0 amide bonds. The molecule has 0 bridgehead atoms. The molecule has 1 fully saturated rings. The first kappa shape index (κ1) is 18.4. The second-order valence-electron chi connectivity index (χ2n) is 6.92. The number of hydrogen-bond acceptors (Lipinski definition) is 4. The summed E-state index contributed by atoms with van der Waals surface area (Å²) in [5, 5.41) is 13.0. The zero-order chi connectivity index (χ0) is 15.9. The first-order chi connectivity index (χ1) is 9.92. The van der Waals surface area contributed by atoms with Crippen molar-refractivity contribution in [2.45, 2.75) is 71.5 Å². The van der Waals surface area contributed by atoms with Crippen LogP contribution < -0.4 is 5.32 Å². The Labute approximate surface area is 131 Å². The first-order valence-corrected chi connectivity index (χ1v) is 8.58. The van der Waals surface area contributed by atoms with Gasteiger partial charge in [0.2, 0.25) is 0 Å². The Bertz CT molecular complexity index is 326. The minimum atomic E-state index is -0.339. The second-order valence-corrected chi connectivity index (χ2v) is 6.92. The Morgan fingerprint density at radius 3 is 2.19 bits per heavy atom. The third-order valence-corrected chi connectivity index (χ3v) is 4.60. The van der Waals surface area contributed by atoms with Crippen LogP contribution in [0.1, 0.15) is 53.9 Å². The van der Waals surface area contributed by atoms with Gasteiger partial charge in [-0.15, -0.1) is 0 Å². The zero-order valence-electron chi connectivity index (χ0n) is 14.7. The maximum atomic E-state index is 9.53. The van der Waals surface area contributed by atoms with Crippen molar-refractivity contribution in [2.75, 3.05) is 32.7 Å². The van der Waals surface area contributed by atoms with E-state index in [-0.39, 0.29) is 5.54 Å². The van der Waals surface area contributed by atoms with E-state index in [0.29, 0.717) is 12.1 Å². The second kappa shape index (κ2) is 8.73. The molecule has 0 aromatic rings. The molecule has 1 aliphatic rings. The maximum absolute atomic E-state index is 9.53. The Hall–Kier alpha value is -0.630. The van der Waals surface area contributed by atoms with Crippen LogP contribution in [0.25, 0.3) is 0 Å². The molecular formula is C17H34N4. The van der Waals surface area contributed by atoms with Crippen LogP contribution in [0.3, 0.4) is 0 Å². The number of nitrogens with one attached hydrogen (secondary N) is 1. The number of nitrogens with zero attached hydrogens (tertiary/aromatic N) is 3. The van der Waals surface area contributed by atoms with Gasteiger partial charge in [-0.2, -0.15) is 5.26 Å². The largest absolute Gasteiger partial charge is 0.301 e.